The fourth-order valence-corrected chi connectivity index (χ4v) is 13.9. The Bertz CT molecular complexity index is 5800. The van der Waals surface area contributed by atoms with Crippen molar-refractivity contribution >= 4 is 126 Å². The molecule has 3 nitrogen and oxygen atoms in total. The van der Waals surface area contributed by atoms with E-state index in [1.165, 1.54) is 0 Å². The first-order valence-corrected chi connectivity index (χ1v) is 27.0. The lowest BCUT2D eigenvalue weighted by Crippen LogP contribution is -2.59. The maximum atomic E-state index is 9.22. The van der Waals surface area contributed by atoms with Crippen LogP contribution in [0.15, 0.2) is 218 Å². The van der Waals surface area contributed by atoms with Gasteiger partial charge in [0.15, 0.2) is 0 Å². The minimum Gasteiger partial charge on any atom is -0.310 e. The van der Waals surface area contributed by atoms with Gasteiger partial charge in [-0.2, -0.15) is 0 Å². The Balaban J connectivity index is 1.14. The van der Waals surface area contributed by atoms with Crippen LogP contribution in [-0.2, 0) is 10.8 Å². The normalized spacial score (nSPS) is 15.0. The summed E-state index contributed by atoms with van der Waals surface area (Å²) in [5.74, 6) is 0. The molecule has 0 unspecified atom stereocenters. The lowest BCUT2D eigenvalue weighted by Gasteiger charge is -2.36. The Hall–Kier alpha value is -9.12. The second kappa shape index (κ2) is 15.3. The zero-order valence-electron chi connectivity index (χ0n) is 53.9. The molecule has 0 saturated heterocycles. The third-order valence-corrected chi connectivity index (χ3v) is 17.4. The van der Waals surface area contributed by atoms with Gasteiger partial charge in [0.2, 0.25) is 0 Å². The van der Waals surface area contributed by atoms with Crippen LogP contribution in [0.25, 0.3) is 137 Å². The molecule has 0 spiro atoms. The first kappa shape index (κ1) is 35.3. The summed E-state index contributed by atoms with van der Waals surface area (Å²) in [6.07, 6.45) is 0. The van der Waals surface area contributed by atoms with Crippen LogP contribution >= 0.6 is 0 Å². The first-order valence-electron chi connectivity index (χ1n) is 32.0. The zero-order valence-corrected chi connectivity index (χ0v) is 43.9. The molecule has 6 heterocycles. The Kier molecular flexibility index (Phi) is 6.92. The molecule has 11 aromatic carbocycles. The highest BCUT2D eigenvalue weighted by molar-refractivity contribution is 7.00. The number of aromatic nitrogens is 3. The molecule has 4 heteroatoms. The molecular formula is C74H54BN3. The second-order valence-electron chi connectivity index (χ2n) is 23.7. The van der Waals surface area contributed by atoms with Crippen LogP contribution in [0.1, 0.15) is 66.4 Å². The molecule has 78 heavy (non-hydrogen) atoms. The second-order valence-corrected chi connectivity index (χ2v) is 23.7. The summed E-state index contributed by atoms with van der Waals surface area (Å²) >= 11 is 0. The van der Waals surface area contributed by atoms with Crippen molar-refractivity contribution in [1.82, 2.24) is 13.5 Å². The van der Waals surface area contributed by atoms with E-state index in [9.17, 15) is 5.48 Å². The van der Waals surface area contributed by atoms with Gasteiger partial charge >= 0.3 is 0 Å². The van der Waals surface area contributed by atoms with Crippen LogP contribution < -0.4 is 16.4 Å². The summed E-state index contributed by atoms with van der Waals surface area (Å²) in [7, 11) is 0. The van der Waals surface area contributed by atoms with E-state index in [2.05, 4.69) is 189 Å². The number of rotatable bonds is 2. The Labute approximate surface area is 467 Å². The van der Waals surface area contributed by atoms with Gasteiger partial charge in [-0.25, -0.2) is 0 Å². The van der Waals surface area contributed by atoms with Crippen LogP contribution in [-0.4, -0.2) is 20.2 Å². The Morgan fingerprint density at radius 2 is 0.833 bits per heavy atom. The number of nitrogens with zero attached hydrogens (tertiary/aromatic N) is 3. The standard InChI is InChI=1S/C74H54BN3/c1-73(2,3)47-38-58-56-36-45(43-20-9-7-10-21-43)32-34-63(56)77-66-42-65-67(55-30-19-29-54-52-27-16-14-25-50(52)49-24-13-15-26-51(49)53-28-17-18-31-62(53)76(65)69(54)55)72-68(66)75(60(40-47)70(58)77)61-41-48(74(4,5)6)39-59-57-37-46(44-22-11-8-12-23-44)33-35-64(57)78(72)71(59)61/h7-42H,1-6H3/i7D,8D,9D,10D,11D,12D,20D,21D,22D,23D. The van der Waals surface area contributed by atoms with Crippen molar-refractivity contribution < 1.29 is 13.7 Å². The molecule has 0 aliphatic carbocycles. The van der Waals surface area contributed by atoms with Gasteiger partial charge in [-0.1, -0.05) is 211 Å². The van der Waals surface area contributed by atoms with E-state index in [0.717, 1.165) is 142 Å². The van der Waals surface area contributed by atoms with Gasteiger partial charge in [-0.3, -0.25) is 0 Å². The molecule has 0 fully saturated rings. The number of fused-ring (bicyclic) bond motifs is 21. The summed E-state index contributed by atoms with van der Waals surface area (Å²) in [6.45, 7) is 13.1. The minimum absolute atomic E-state index is 0.150. The number of para-hydroxylation sites is 2. The van der Waals surface area contributed by atoms with Crippen molar-refractivity contribution in [1.29, 1.82) is 0 Å². The predicted octanol–water partition coefficient (Wildman–Crippen LogP) is 17.5. The van der Waals surface area contributed by atoms with Crippen LogP contribution in [0, 0.1) is 0 Å². The van der Waals surface area contributed by atoms with Crippen molar-refractivity contribution in [3.05, 3.63) is 229 Å². The molecule has 2 aliphatic rings. The highest BCUT2D eigenvalue weighted by atomic mass is 15.0. The number of hydrogen-bond donors (Lipinski definition) is 0. The van der Waals surface area contributed by atoms with Gasteiger partial charge in [0, 0.05) is 59.8 Å². The molecule has 368 valence electrons. The van der Waals surface area contributed by atoms with Crippen molar-refractivity contribution in [3.8, 4) is 33.6 Å². The molecular weight excluding hydrogens is 942 g/mol. The van der Waals surface area contributed by atoms with Crippen molar-refractivity contribution in [3.63, 3.8) is 0 Å². The maximum Gasteiger partial charge on any atom is 0.252 e. The Morgan fingerprint density at radius 3 is 1.40 bits per heavy atom. The van der Waals surface area contributed by atoms with Crippen molar-refractivity contribution in [2.45, 2.75) is 52.4 Å². The van der Waals surface area contributed by atoms with E-state index >= 15 is 0 Å². The van der Waals surface area contributed by atoms with Gasteiger partial charge in [0.25, 0.3) is 6.71 Å². The van der Waals surface area contributed by atoms with Crippen LogP contribution in [0.4, 0.5) is 0 Å². The molecule has 0 N–H and O–H groups in total. The number of benzene rings is 11. The van der Waals surface area contributed by atoms with Crippen LogP contribution in [0.3, 0.4) is 0 Å². The van der Waals surface area contributed by atoms with E-state index in [1.54, 1.807) is 0 Å². The molecule has 0 saturated carbocycles. The summed E-state index contributed by atoms with van der Waals surface area (Å²) in [5.41, 5.74) is 15.2. The number of hydrogen-bond acceptors (Lipinski definition) is 0. The molecule has 0 bridgehead atoms. The van der Waals surface area contributed by atoms with Crippen LogP contribution in [0.5, 0.6) is 0 Å². The molecule has 0 radical (unpaired) electrons. The topological polar surface area (TPSA) is 14.3 Å². The summed E-state index contributed by atoms with van der Waals surface area (Å²) in [4.78, 5) is 0. The fourth-order valence-electron chi connectivity index (χ4n) is 13.9. The van der Waals surface area contributed by atoms with Crippen LogP contribution in [0.2, 0.25) is 0 Å². The summed E-state index contributed by atoms with van der Waals surface area (Å²) in [6, 6.07) is 53.4. The van der Waals surface area contributed by atoms with Gasteiger partial charge in [-0.15, -0.1) is 0 Å². The molecule has 17 rings (SSSR count). The average Bonchev–Trinajstić information content (AvgIpc) is 1.45. The fraction of sp³-hybridized carbons (Fsp3) is 0.108. The molecule has 0 atom stereocenters. The van der Waals surface area contributed by atoms with E-state index in [1.807, 2.05) is 24.3 Å². The smallest absolute Gasteiger partial charge is 0.252 e. The predicted molar refractivity (Wildman–Crippen MR) is 335 cm³/mol. The minimum atomic E-state index is -0.434. The Morgan fingerprint density at radius 1 is 0.359 bits per heavy atom. The molecule has 2 aliphatic heterocycles. The quantitative estimate of drug-likeness (QED) is 0.153. The summed E-state index contributed by atoms with van der Waals surface area (Å²) in [5, 5.41) is 12.6. The third-order valence-electron chi connectivity index (χ3n) is 17.4. The third kappa shape index (κ3) is 5.79. The average molecular weight is 1010 g/mol. The lowest BCUT2D eigenvalue weighted by molar-refractivity contribution is 0.591. The van der Waals surface area contributed by atoms with Gasteiger partial charge < -0.3 is 13.5 Å². The van der Waals surface area contributed by atoms with Gasteiger partial charge in [0.05, 0.1) is 47.0 Å². The van der Waals surface area contributed by atoms with Crippen molar-refractivity contribution in [2.24, 2.45) is 0 Å². The maximum absolute atomic E-state index is 9.22. The zero-order chi connectivity index (χ0) is 60.8. The monoisotopic (exact) mass is 1010 g/mol. The highest BCUT2D eigenvalue weighted by Gasteiger charge is 2.44. The van der Waals surface area contributed by atoms with E-state index in [-0.39, 0.29) is 77.0 Å². The van der Waals surface area contributed by atoms with Gasteiger partial charge in [-0.05, 0) is 131 Å². The first-order chi connectivity index (χ1) is 42.1. The van der Waals surface area contributed by atoms with Gasteiger partial charge in [0.1, 0.15) is 0 Å². The SMILES string of the molecule is [2H]c1c([2H])c([2H])c(-c2ccc3c(c2)c2cc(C(C)(C)C)cc4c2n3-c2cc3c(c5c2B4c2cc(C(C)(C)C)cc4c6cc(-c7c([2H])c([2H])c([2H])c([2H])c7[2H])ccc6n-5c24)c2cccc4c5ccccc5c5ccccc5c5ccccc5n3c42)c([2H])c1[2H]. The lowest BCUT2D eigenvalue weighted by atomic mass is 9.33. The molecule has 15 aromatic rings. The van der Waals surface area contributed by atoms with Crippen molar-refractivity contribution in [2.75, 3.05) is 0 Å². The highest BCUT2D eigenvalue weighted by Crippen LogP contribution is 2.48. The van der Waals surface area contributed by atoms with E-state index < -0.39 is 12.1 Å². The largest absolute Gasteiger partial charge is 0.310 e. The van der Waals surface area contributed by atoms with E-state index in [4.69, 9.17) is 8.22 Å². The molecule has 0 amide bonds. The summed E-state index contributed by atoms with van der Waals surface area (Å²) < 4.78 is 96.2. The molecule has 4 aromatic heterocycles. The van der Waals surface area contributed by atoms with E-state index in [0.29, 0.717) is 11.1 Å².